The number of nitrogens with zero attached hydrogens (tertiary/aromatic N) is 1. The number of alkyl halides is 3. The minimum Gasteiger partial charge on any atom is -0.383 e. The maximum absolute atomic E-state index is 13.2. The molecule has 0 aliphatic heterocycles. The van der Waals surface area contributed by atoms with Gasteiger partial charge in [-0.1, -0.05) is 6.07 Å². The van der Waals surface area contributed by atoms with E-state index in [1.807, 2.05) is 13.8 Å². The maximum Gasteiger partial charge on any atom is 0.418 e. The van der Waals surface area contributed by atoms with Crippen LogP contribution in [-0.4, -0.2) is 26.3 Å². The van der Waals surface area contributed by atoms with Crippen molar-refractivity contribution in [2.45, 2.75) is 32.6 Å². The van der Waals surface area contributed by atoms with Crippen LogP contribution in [0.5, 0.6) is 0 Å². The Kier molecular flexibility index (Phi) is 5.83. The first kappa shape index (κ1) is 16.8. The summed E-state index contributed by atoms with van der Waals surface area (Å²) < 4.78 is 44.6. The number of methoxy groups -OCH3 is 1. The zero-order valence-electron chi connectivity index (χ0n) is 12.0. The Morgan fingerprint density at radius 3 is 2.40 bits per heavy atom. The van der Waals surface area contributed by atoms with E-state index >= 15 is 0 Å². The second-order valence-electron chi connectivity index (χ2n) is 4.83. The number of benzene rings is 1. The second-order valence-corrected chi connectivity index (χ2v) is 4.83. The molecule has 0 heterocycles. The largest absolute Gasteiger partial charge is 0.418 e. The highest BCUT2D eigenvalue weighted by Gasteiger charge is 2.35. The van der Waals surface area contributed by atoms with E-state index in [2.05, 4.69) is 0 Å². The third-order valence-electron chi connectivity index (χ3n) is 3.07. The van der Waals surface area contributed by atoms with Crippen LogP contribution in [0.25, 0.3) is 0 Å². The summed E-state index contributed by atoms with van der Waals surface area (Å²) in [6, 6.07) is 4.18. The van der Waals surface area contributed by atoms with Gasteiger partial charge in [0, 0.05) is 31.9 Å². The van der Waals surface area contributed by atoms with Crippen LogP contribution >= 0.6 is 0 Å². The lowest BCUT2D eigenvalue weighted by Gasteiger charge is -2.31. The van der Waals surface area contributed by atoms with Crippen LogP contribution in [-0.2, 0) is 17.5 Å². The topological polar surface area (TPSA) is 38.5 Å². The molecule has 20 heavy (non-hydrogen) atoms. The molecule has 0 bridgehead atoms. The van der Waals surface area contributed by atoms with E-state index < -0.39 is 11.7 Å². The van der Waals surface area contributed by atoms with Gasteiger partial charge in [-0.25, -0.2) is 0 Å². The van der Waals surface area contributed by atoms with Crippen LogP contribution in [0.4, 0.5) is 18.9 Å². The molecule has 0 amide bonds. The first-order valence-corrected chi connectivity index (χ1v) is 6.47. The predicted molar refractivity (Wildman–Crippen MR) is 73.7 cm³/mol. The van der Waals surface area contributed by atoms with Gasteiger partial charge in [0.05, 0.1) is 12.2 Å². The van der Waals surface area contributed by atoms with Crippen LogP contribution in [0.15, 0.2) is 18.2 Å². The van der Waals surface area contributed by atoms with Gasteiger partial charge in [0.15, 0.2) is 0 Å². The zero-order valence-corrected chi connectivity index (χ0v) is 12.0. The summed E-state index contributed by atoms with van der Waals surface area (Å²) in [4.78, 5) is 1.69. The van der Waals surface area contributed by atoms with E-state index in [0.29, 0.717) is 18.7 Å². The van der Waals surface area contributed by atoms with E-state index in [1.165, 1.54) is 13.2 Å². The quantitative estimate of drug-likeness (QED) is 0.875. The molecule has 1 aromatic carbocycles. The van der Waals surface area contributed by atoms with Gasteiger partial charge in [0.1, 0.15) is 0 Å². The molecule has 0 aliphatic rings. The van der Waals surface area contributed by atoms with E-state index in [4.69, 9.17) is 10.5 Å². The molecule has 0 spiro atoms. The van der Waals surface area contributed by atoms with E-state index in [9.17, 15) is 13.2 Å². The number of rotatable bonds is 6. The average molecular weight is 290 g/mol. The van der Waals surface area contributed by atoms with Gasteiger partial charge >= 0.3 is 6.18 Å². The summed E-state index contributed by atoms with van der Waals surface area (Å²) in [6.07, 6.45) is -4.40. The standard InChI is InChI=1S/C14H21F3N2O/c1-10(2)19(6-7-20-3)13-5-4-11(9-18)8-12(13)14(15,16)17/h4-5,8,10H,6-7,9,18H2,1-3H3. The summed E-state index contributed by atoms with van der Waals surface area (Å²) in [7, 11) is 1.53. The predicted octanol–water partition coefficient (Wildman–Crippen LogP) is 3.03. The highest BCUT2D eigenvalue weighted by molar-refractivity contribution is 5.57. The fraction of sp³-hybridized carbons (Fsp3) is 0.571. The normalized spacial score (nSPS) is 12.0. The van der Waals surface area contributed by atoms with E-state index in [0.717, 1.165) is 6.07 Å². The summed E-state index contributed by atoms with van der Waals surface area (Å²) >= 11 is 0. The van der Waals surface area contributed by atoms with Crippen molar-refractivity contribution in [3.8, 4) is 0 Å². The molecule has 0 atom stereocenters. The molecule has 2 N–H and O–H groups in total. The lowest BCUT2D eigenvalue weighted by atomic mass is 10.1. The summed E-state index contributed by atoms with van der Waals surface area (Å²) in [5.74, 6) is 0. The SMILES string of the molecule is COCCN(c1ccc(CN)cc1C(F)(F)F)C(C)C. The number of anilines is 1. The van der Waals surface area contributed by atoms with Crippen molar-refractivity contribution in [3.63, 3.8) is 0 Å². The average Bonchev–Trinajstić information content (AvgIpc) is 2.37. The van der Waals surface area contributed by atoms with Crippen LogP contribution in [0.3, 0.4) is 0 Å². The summed E-state index contributed by atoms with van der Waals surface area (Å²) in [6.45, 7) is 4.57. The molecule has 0 unspecified atom stereocenters. The smallest absolute Gasteiger partial charge is 0.383 e. The molecule has 0 saturated heterocycles. The number of halogens is 3. The summed E-state index contributed by atoms with van der Waals surface area (Å²) in [5.41, 5.74) is 5.42. The maximum atomic E-state index is 13.2. The molecular weight excluding hydrogens is 269 g/mol. The third kappa shape index (κ3) is 4.11. The highest BCUT2D eigenvalue weighted by atomic mass is 19.4. The Hall–Kier alpha value is -1.27. The Balaban J connectivity index is 3.26. The van der Waals surface area contributed by atoms with Gasteiger partial charge in [-0.15, -0.1) is 0 Å². The molecule has 0 saturated carbocycles. The molecule has 6 heteroatoms. The van der Waals surface area contributed by atoms with Crippen molar-refractivity contribution < 1.29 is 17.9 Å². The van der Waals surface area contributed by atoms with Gasteiger partial charge in [-0.05, 0) is 31.5 Å². The fourth-order valence-corrected chi connectivity index (χ4v) is 2.03. The summed E-state index contributed by atoms with van der Waals surface area (Å²) in [5, 5.41) is 0. The molecule has 0 radical (unpaired) electrons. The Labute approximate surface area is 117 Å². The Morgan fingerprint density at radius 2 is 1.95 bits per heavy atom. The van der Waals surface area contributed by atoms with Gasteiger partial charge < -0.3 is 15.4 Å². The van der Waals surface area contributed by atoms with Crippen LogP contribution in [0.1, 0.15) is 25.0 Å². The number of ether oxygens (including phenoxy) is 1. The molecule has 3 nitrogen and oxygen atoms in total. The zero-order chi connectivity index (χ0) is 15.3. The number of nitrogens with two attached hydrogens (primary N) is 1. The lowest BCUT2D eigenvalue weighted by Crippen LogP contribution is -2.35. The van der Waals surface area contributed by atoms with E-state index in [-0.39, 0.29) is 18.3 Å². The first-order chi connectivity index (χ1) is 9.31. The number of hydrogen-bond acceptors (Lipinski definition) is 3. The number of hydrogen-bond donors (Lipinski definition) is 1. The fourth-order valence-electron chi connectivity index (χ4n) is 2.03. The van der Waals surface area contributed by atoms with Crippen molar-refractivity contribution in [2.75, 3.05) is 25.2 Å². The molecule has 0 fully saturated rings. The van der Waals surface area contributed by atoms with Crippen molar-refractivity contribution in [1.82, 2.24) is 0 Å². The Bertz CT molecular complexity index is 433. The molecule has 1 aromatic rings. The lowest BCUT2D eigenvalue weighted by molar-refractivity contribution is -0.137. The molecule has 1 rings (SSSR count). The Morgan fingerprint density at radius 1 is 1.30 bits per heavy atom. The van der Waals surface area contributed by atoms with Crippen molar-refractivity contribution >= 4 is 5.69 Å². The monoisotopic (exact) mass is 290 g/mol. The van der Waals surface area contributed by atoms with Gasteiger partial charge in [0.25, 0.3) is 0 Å². The molecular formula is C14H21F3N2O. The van der Waals surface area contributed by atoms with E-state index in [1.54, 1.807) is 11.0 Å². The van der Waals surface area contributed by atoms with Gasteiger partial charge in [-0.2, -0.15) is 13.2 Å². The van der Waals surface area contributed by atoms with Crippen molar-refractivity contribution in [3.05, 3.63) is 29.3 Å². The van der Waals surface area contributed by atoms with Crippen molar-refractivity contribution in [1.29, 1.82) is 0 Å². The molecule has 114 valence electrons. The third-order valence-corrected chi connectivity index (χ3v) is 3.07. The molecule has 0 aromatic heterocycles. The minimum absolute atomic E-state index is 0.0602. The van der Waals surface area contributed by atoms with Crippen LogP contribution in [0, 0.1) is 0 Å². The van der Waals surface area contributed by atoms with Gasteiger partial charge in [0.2, 0.25) is 0 Å². The van der Waals surface area contributed by atoms with Crippen LogP contribution < -0.4 is 10.6 Å². The second kappa shape index (κ2) is 6.95. The highest BCUT2D eigenvalue weighted by Crippen LogP contribution is 2.37. The van der Waals surface area contributed by atoms with Crippen LogP contribution in [0.2, 0.25) is 0 Å². The van der Waals surface area contributed by atoms with Gasteiger partial charge in [-0.3, -0.25) is 0 Å². The first-order valence-electron chi connectivity index (χ1n) is 6.47. The van der Waals surface area contributed by atoms with Crippen molar-refractivity contribution in [2.24, 2.45) is 5.73 Å². The minimum atomic E-state index is -4.40. The molecule has 0 aliphatic carbocycles.